The second-order valence-corrected chi connectivity index (χ2v) is 4.45. The van der Waals surface area contributed by atoms with Gasteiger partial charge in [0, 0.05) is 12.3 Å². The molecule has 2 rings (SSSR count). The lowest BCUT2D eigenvalue weighted by Gasteiger charge is -2.04. The summed E-state index contributed by atoms with van der Waals surface area (Å²) in [6, 6.07) is 8.07. The van der Waals surface area contributed by atoms with Gasteiger partial charge >= 0.3 is 0 Å². The van der Waals surface area contributed by atoms with Gasteiger partial charge in [-0.1, -0.05) is 12.1 Å². The first kappa shape index (κ1) is 11.2. The van der Waals surface area contributed by atoms with E-state index in [0.717, 1.165) is 37.9 Å². The fourth-order valence-electron chi connectivity index (χ4n) is 1.90. The molecule has 1 aromatic carbocycles. The van der Waals surface area contributed by atoms with Crippen LogP contribution in [0.2, 0.25) is 0 Å². The van der Waals surface area contributed by atoms with E-state index in [1.54, 1.807) is 7.11 Å². The maximum Gasteiger partial charge on any atom is 0.135 e. The zero-order chi connectivity index (χ0) is 11.4. The molecule has 0 atom stereocenters. The monoisotopic (exact) mass is 218 g/mol. The van der Waals surface area contributed by atoms with Gasteiger partial charge in [0.25, 0.3) is 0 Å². The third kappa shape index (κ3) is 3.09. The zero-order valence-corrected chi connectivity index (χ0v) is 9.74. The summed E-state index contributed by atoms with van der Waals surface area (Å²) in [4.78, 5) is 11.5. The highest BCUT2D eigenvalue weighted by Crippen LogP contribution is 2.31. The number of aryl methyl sites for hydroxylation is 1. The first-order valence-corrected chi connectivity index (χ1v) is 5.95. The van der Waals surface area contributed by atoms with Gasteiger partial charge in [-0.25, -0.2) is 0 Å². The van der Waals surface area contributed by atoms with E-state index in [9.17, 15) is 4.79 Å². The van der Waals surface area contributed by atoms with Gasteiger partial charge < -0.3 is 4.74 Å². The number of benzene rings is 1. The number of methoxy groups -OCH3 is 1. The molecule has 0 N–H and O–H groups in total. The molecule has 0 heterocycles. The fraction of sp³-hybridized carbons (Fsp3) is 0.500. The quantitative estimate of drug-likeness (QED) is 0.733. The molecular formula is C14H18O2. The lowest BCUT2D eigenvalue weighted by molar-refractivity contribution is -0.120. The minimum absolute atomic E-state index is 0.408. The molecule has 0 saturated heterocycles. The summed E-state index contributed by atoms with van der Waals surface area (Å²) in [7, 11) is 1.68. The second-order valence-electron chi connectivity index (χ2n) is 4.45. The van der Waals surface area contributed by atoms with E-state index in [-0.39, 0.29) is 0 Å². The maximum atomic E-state index is 11.5. The molecule has 1 saturated carbocycles. The van der Waals surface area contributed by atoms with Gasteiger partial charge in [-0.3, -0.25) is 4.79 Å². The summed E-state index contributed by atoms with van der Waals surface area (Å²) >= 11 is 0. The number of hydrogen-bond acceptors (Lipinski definition) is 2. The van der Waals surface area contributed by atoms with Crippen LogP contribution in [0.15, 0.2) is 24.3 Å². The molecule has 16 heavy (non-hydrogen) atoms. The first-order chi connectivity index (χ1) is 7.79. The molecule has 0 amide bonds. The Hall–Kier alpha value is -1.31. The fourth-order valence-corrected chi connectivity index (χ4v) is 1.90. The van der Waals surface area contributed by atoms with Crippen molar-refractivity contribution in [3.05, 3.63) is 29.8 Å². The molecule has 0 unspecified atom stereocenters. The molecule has 2 heteroatoms. The minimum Gasteiger partial charge on any atom is -0.497 e. The van der Waals surface area contributed by atoms with Crippen LogP contribution >= 0.6 is 0 Å². The van der Waals surface area contributed by atoms with Crippen molar-refractivity contribution in [1.29, 1.82) is 0 Å². The molecule has 1 aliphatic carbocycles. The lowest BCUT2D eigenvalue weighted by atomic mass is 10.0. The van der Waals surface area contributed by atoms with Crippen LogP contribution < -0.4 is 4.74 Å². The predicted octanol–water partition coefficient (Wildman–Crippen LogP) is 3.00. The summed E-state index contributed by atoms with van der Waals surface area (Å²) in [5, 5.41) is 0. The molecule has 0 bridgehead atoms. The summed E-state index contributed by atoms with van der Waals surface area (Å²) in [6.07, 6.45) is 4.91. The Morgan fingerprint density at radius 3 is 2.94 bits per heavy atom. The average Bonchev–Trinajstić information content (AvgIpc) is 3.13. The summed E-state index contributed by atoms with van der Waals surface area (Å²) in [5.41, 5.74) is 1.25. The normalized spacial score (nSPS) is 14.8. The van der Waals surface area contributed by atoms with Crippen LogP contribution in [0.4, 0.5) is 0 Å². The first-order valence-electron chi connectivity index (χ1n) is 5.95. The van der Waals surface area contributed by atoms with Crippen molar-refractivity contribution in [2.24, 2.45) is 5.92 Å². The molecule has 1 aromatic rings. The molecular weight excluding hydrogens is 200 g/mol. The Labute approximate surface area is 96.6 Å². The van der Waals surface area contributed by atoms with E-state index in [2.05, 4.69) is 6.07 Å². The van der Waals surface area contributed by atoms with Crippen molar-refractivity contribution in [1.82, 2.24) is 0 Å². The van der Waals surface area contributed by atoms with Crippen molar-refractivity contribution in [3.8, 4) is 5.75 Å². The van der Waals surface area contributed by atoms with Crippen molar-refractivity contribution in [3.63, 3.8) is 0 Å². The summed E-state index contributed by atoms with van der Waals surface area (Å²) in [5.74, 6) is 1.76. The molecule has 0 radical (unpaired) electrons. The Morgan fingerprint density at radius 2 is 2.25 bits per heavy atom. The van der Waals surface area contributed by atoms with Gasteiger partial charge in [-0.05, 0) is 43.4 Å². The van der Waals surface area contributed by atoms with Crippen LogP contribution in [0.5, 0.6) is 5.75 Å². The number of carbonyl (C=O) groups excluding carboxylic acids is 1. The van der Waals surface area contributed by atoms with Crippen molar-refractivity contribution in [2.45, 2.75) is 32.1 Å². The average molecular weight is 218 g/mol. The van der Waals surface area contributed by atoms with Crippen LogP contribution in [-0.4, -0.2) is 12.9 Å². The number of Topliss-reactive ketones (excluding diaryl/α,β-unsaturated/α-hetero) is 1. The smallest absolute Gasteiger partial charge is 0.135 e. The highest BCUT2D eigenvalue weighted by atomic mass is 16.5. The van der Waals surface area contributed by atoms with Crippen molar-refractivity contribution < 1.29 is 9.53 Å². The topological polar surface area (TPSA) is 26.3 Å². The van der Waals surface area contributed by atoms with Crippen LogP contribution in [0.25, 0.3) is 0 Å². The van der Waals surface area contributed by atoms with Crippen molar-refractivity contribution in [2.75, 3.05) is 7.11 Å². The number of hydrogen-bond donors (Lipinski definition) is 0. The predicted molar refractivity (Wildman–Crippen MR) is 63.7 cm³/mol. The molecule has 1 fully saturated rings. The van der Waals surface area contributed by atoms with Crippen molar-refractivity contribution >= 4 is 5.78 Å². The Morgan fingerprint density at radius 1 is 1.44 bits per heavy atom. The third-order valence-corrected chi connectivity index (χ3v) is 3.06. The molecule has 0 spiro atoms. The van der Waals surface area contributed by atoms with E-state index in [0.29, 0.717) is 11.7 Å². The molecule has 1 aliphatic rings. The number of carbonyl (C=O) groups is 1. The van der Waals surface area contributed by atoms with Gasteiger partial charge in [0.15, 0.2) is 0 Å². The molecule has 86 valence electrons. The van der Waals surface area contributed by atoms with E-state index in [1.165, 1.54) is 5.56 Å². The zero-order valence-electron chi connectivity index (χ0n) is 9.74. The summed E-state index contributed by atoms with van der Waals surface area (Å²) < 4.78 is 5.16. The van der Waals surface area contributed by atoms with Crippen LogP contribution in [0, 0.1) is 5.92 Å². The van der Waals surface area contributed by atoms with Gasteiger partial charge in [-0.15, -0.1) is 0 Å². The maximum absolute atomic E-state index is 11.5. The molecule has 0 aliphatic heterocycles. The van der Waals surface area contributed by atoms with E-state index < -0.39 is 0 Å². The number of rotatable bonds is 6. The standard InChI is InChI=1S/C14H18O2/c1-16-13-6-2-4-11(10-13)5-3-7-14(15)12-8-9-12/h2,4,6,10,12H,3,5,7-9H2,1H3. The summed E-state index contributed by atoms with van der Waals surface area (Å²) in [6.45, 7) is 0. The number of ketones is 1. The van der Waals surface area contributed by atoms with Crippen LogP contribution in [0.1, 0.15) is 31.2 Å². The second kappa shape index (κ2) is 5.15. The SMILES string of the molecule is COc1cccc(CCCC(=O)C2CC2)c1. The van der Waals surface area contributed by atoms with Gasteiger partial charge in [-0.2, -0.15) is 0 Å². The van der Waals surface area contributed by atoms with Gasteiger partial charge in [0.05, 0.1) is 7.11 Å². The largest absolute Gasteiger partial charge is 0.497 e. The molecule has 2 nitrogen and oxygen atoms in total. The van der Waals surface area contributed by atoms with Gasteiger partial charge in [0.1, 0.15) is 11.5 Å². The van der Waals surface area contributed by atoms with Crippen LogP contribution in [0.3, 0.4) is 0 Å². The van der Waals surface area contributed by atoms with E-state index in [4.69, 9.17) is 4.74 Å². The Balaban J connectivity index is 1.77. The third-order valence-electron chi connectivity index (χ3n) is 3.06. The van der Waals surface area contributed by atoms with E-state index >= 15 is 0 Å². The number of ether oxygens (including phenoxy) is 1. The van der Waals surface area contributed by atoms with Gasteiger partial charge in [0.2, 0.25) is 0 Å². The van der Waals surface area contributed by atoms with E-state index in [1.807, 2.05) is 18.2 Å². The Bertz CT molecular complexity index is 367. The minimum atomic E-state index is 0.408. The Kier molecular flexibility index (Phi) is 3.60. The van der Waals surface area contributed by atoms with Crippen LogP contribution in [-0.2, 0) is 11.2 Å². The highest BCUT2D eigenvalue weighted by Gasteiger charge is 2.28. The highest BCUT2D eigenvalue weighted by molar-refractivity contribution is 5.83. The molecule has 0 aromatic heterocycles. The lowest BCUT2D eigenvalue weighted by Crippen LogP contribution is -2.00.